The van der Waals surface area contributed by atoms with Crippen LogP contribution >= 0.6 is 0 Å². The molecule has 0 spiro atoms. The number of aryl methyl sites for hydroxylation is 2. The van der Waals surface area contributed by atoms with Gasteiger partial charge >= 0.3 is 6.09 Å². The van der Waals surface area contributed by atoms with Gasteiger partial charge in [0.25, 0.3) is 0 Å². The maximum atomic E-state index is 14.4. The molecule has 1 aromatic carbocycles. The Morgan fingerprint density at radius 1 is 0.923 bits per heavy atom. The van der Waals surface area contributed by atoms with Gasteiger partial charge in [0.05, 0.1) is 0 Å². The van der Waals surface area contributed by atoms with E-state index in [1.807, 2.05) is 59.7 Å². The van der Waals surface area contributed by atoms with E-state index >= 15 is 0 Å². The number of nitrogens with zero attached hydrogens (tertiary/aromatic N) is 1. The topological polar surface area (TPSA) is 87.7 Å². The van der Waals surface area contributed by atoms with Crippen LogP contribution in [0, 0.1) is 19.8 Å². The highest BCUT2D eigenvalue weighted by molar-refractivity contribution is 5.92. The Balaban J connectivity index is 3.53. The number of benzene rings is 1. The van der Waals surface area contributed by atoms with Gasteiger partial charge in [-0.15, -0.1) is 0 Å². The minimum Gasteiger partial charge on any atom is -0.444 e. The number of rotatable bonds is 15. The number of alkyl carbamates (subject to hydrolysis) is 1. The number of ether oxygens (including phenoxy) is 1. The number of carbonyl (C=O) groups excluding carboxylic acids is 3. The molecule has 2 N–H and O–H groups in total. The highest BCUT2D eigenvalue weighted by Gasteiger charge is 2.38. The third-order valence-corrected chi connectivity index (χ3v) is 6.91. The Morgan fingerprint density at radius 3 is 2.10 bits per heavy atom. The van der Waals surface area contributed by atoms with Crippen LogP contribution in [0.4, 0.5) is 4.79 Å². The third kappa shape index (κ3) is 12.0. The molecule has 0 aliphatic heterocycles. The number of amides is 3. The fourth-order valence-corrected chi connectivity index (χ4v) is 4.59. The van der Waals surface area contributed by atoms with Crippen LogP contribution in [0.15, 0.2) is 18.2 Å². The van der Waals surface area contributed by atoms with E-state index in [4.69, 9.17) is 4.74 Å². The Morgan fingerprint density at radius 2 is 1.54 bits per heavy atom. The molecule has 1 aromatic rings. The van der Waals surface area contributed by atoms with Crippen LogP contribution in [0.5, 0.6) is 0 Å². The molecular formula is C32H55N3O4. The van der Waals surface area contributed by atoms with Crippen molar-refractivity contribution in [1.29, 1.82) is 0 Å². The van der Waals surface area contributed by atoms with Crippen LogP contribution in [-0.2, 0) is 14.3 Å². The van der Waals surface area contributed by atoms with Crippen LogP contribution in [0.3, 0.4) is 0 Å². The van der Waals surface area contributed by atoms with Gasteiger partial charge in [-0.3, -0.25) is 9.59 Å². The highest BCUT2D eigenvalue weighted by Crippen LogP contribution is 2.29. The molecule has 3 amide bonds. The quantitative estimate of drug-likeness (QED) is 0.232. The smallest absolute Gasteiger partial charge is 0.408 e. The Kier molecular flexibility index (Phi) is 14.6. The van der Waals surface area contributed by atoms with E-state index in [9.17, 15) is 14.4 Å². The van der Waals surface area contributed by atoms with E-state index < -0.39 is 23.8 Å². The summed E-state index contributed by atoms with van der Waals surface area (Å²) in [6.07, 6.45) is 6.43. The predicted molar refractivity (Wildman–Crippen MR) is 160 cm³/mol. The molecular weight excluding hydrogens is 490 g/mol. The highest BCUT2D eigenvalue weighted by atomic mass is 16.6. The number of carbonyl (C=O) groups is 3. The van der Waals surface area contributed by atoms with Gasteiger partial charge in [-0.05, 0) is 71.9 Å². The molecule has 0 bridgehead atoms. The van der Waals surface area contributed by atoms with E-state index in [1.54, 1.807) is 25.7 Å². The molecule has 222 valence electrons. The number of hydrogen-bond acceptors (Lipinski definition) is 4. The second kappa shape index (κ2) is 16.5. The number of unbranched alkanes of at least 4 members (excludes halogenated alkanes) is 5. The lowest BCUT2D eigenvalue weighted by molar-refractivity contribution is -0.143. The summed E-state index contributed by atoms with van der Waals surface area (Å²) in [5.41, 5.74) is 2.09. The Bertz CT molecular complexity index is 922. The van der Waals surface area contributed by atoms with Crippen molar-refractivity contribution in [3.8, 4) is 0 Å². The van der Waals surface area contributed by atoms with Crippen molar-refractivity contribution in [2.75, 3.05) is 6.54 Å². The van der Waals surface area contributed by atoms with Gasteiger partial charge in [0, 0.05) is 12.6 Å². The van der Waals surface area contributed by atoms with E-state index in [-0.39, 0.29) is 23.8 Å². The summed E-state index contributed by atoms with van der Waals surface area (Å²) in [7, 11) is 0. The summed E-state index contributed by atoms with van der Waals surface area (Å²) in [4.78, 5) is 42.7. The summed E-state index contributed by atoms with van der Waals surface area (Å²) < 4.78 is 5.51. The van der Waals surface area contributed by atoms with Gasteiger partial charge in [0.1, 0.15) is 17.7 Å². The molecule has 0 saturated carbocycles. The van der Waals surface area contributed by atoms with Crippen molar-refractivity contribution in [2.45, 2.75) is 138 Å². The first-order valence-electron chi connectivity index (χ1n) is 14.9. The molecule has 0 heterocycles. The summed E-state index contributed by atoms with van der Waals surface area (Å²) in [5.74, 6) is -0.615. The lowest BCUT2D eigenvalue weighted by Gasteiger charge is -2.37. The fraction of sp³-hybridized carbons (Fsp3) is 0.719. The van der Waals surface area contributed by atoms with Gasteiger partial charge < -0.3 is 20.3 Å². The molecule has 39 heavy (non-hydrogen) atoms. The SMILES string of the molecule is CCCCCCCCN(C(=O)C(NC(=O)OC(C)(C)C)C(C)CC)C(C(=O)NC(C)C)c1cc(C)ccc1C. The predicted octanol–water partition coefficient (Wildman–Crippen LogP) is 7.00. The maximum absolute atomic E-state index is 14.4. The van der Waals surface area contributed by atoms with Crippen molar-refractivity contribution < 1.29 is 19.1 Å². The molecule has 0 saturated heterocycles. The molecule has 0 aliphatic carbocycles. The monoisotopic (exact) mass is 545 g/mol. The average molecular weight is 546 g/mol. The van der Waals surface area contributed by atoms with E-state index in [0.717, 1.165) is 42.4 Å². The van der Waals surface area contributed by atoms with Crippen LogP contribution in [0.25, 0.3) is 0 Å². The van der Waals surface area contributed by atoms with Crippen molar-refractivity contribution in [1.82, 2.24) is 15.5 Å². The summed E-state index contributed by atoms with van der Waals surface area (Å²) in [6, 6.07) is 4.32. The summed E-state index contributed by atoms with van der Waals surface area (Å²) in [5, 5.41) is 5.90. The van der Waals surface area contributed by atoms with Crippen molar-refractivity contribution in [2.24, 2.45) is 5.92 Å². The zero-order valence-electron chi connectivity index (χ0n) is 26.3. The number of nitrogens with one attached hydrogen (secondary N) is 2. The minimum absolute atomic E-state index is 0.0821. The van der Waals surface area contributed by atoms with Gasteiger partial charge in [-0.1, -0.05) is 83.1 Å². The summed E-state index contributed by atoms with van der Waals surface area (Å²) >= 11 is 0. The molecule has 1 rings (SSSR count). The lowest BCUT2D eigenvalue weighted by Crippen LogP contribution is -2.55. The van der Waals surface area contributed by atoms with Crippen molar-refractivity contribution in [3.63, 3.8) is 0 Å². The molecule has 7 heteroatoms. The summed E-state index contributed by atoms with van der Waals surface area (Å²) in [6.45, 7) is 19.8. The van der Waals surface area contributed by atoms with E-state index in [0.29, 0.717) is 13.0 Å². The minimum atomic E-state index is -0.815. The molecule has 0 radical (unpaired) electrons. The first kappa shape index (κ1) is 34.5. The van der Waals surface area contributed by atoms with Crippen LogP contribution in [-0.4, -0.2) is 47.0 Å². The standard InChI is InChI=1S/C32H55N3O4/c1-11-13-14-15-16-17-20-35(30(37)27(24(6)12-2)34-31(38)39-32(8,9)10)28(29(36)33-22(3)4)26-21-23(5)18-19-25(26)7/h18-19,21-22,24,27-28H,11-17,20H2,1-10H3,(H,33,36)(H,34,38). The maximum Gasteiger partial charge on any atom is 0.408 e. The second-order valence-corrected chi connectivity index (χ2v) is 12.2. The first-order chi connectivity index (χ1) is 18.2. The molecule has 3 unspecified atom stereocenters. The van der Waals surface area contributed by atoms with Crippen LogP contribution in [0.1, 0.15) is 123 Å². The normalized spacial score (nSPS) is 13.9. The molecule has 0 aromatic heterocycles. The van der Waals surface area contributed by atoms with Gasteiger partial charge in [-0.25, -0.2) is 4.79 Å². The largest absolute Gasteiger partial charge is 0.444 e. The fourth-order valence-electron chi connectivity index (χ4n) is 4.59. The van der Waals surface area contributed by atoms with E-state index in [2.05, 4.69) is 17.6 Å². The Labute approximate surface area is 237 Å². The average Bonchev–Trinajstić information content (AvgIpc) is 2.83. The van der Waals surface area contributed by atoms with Crippen molar-refractivity contribution >= 4 is 17.9 Å². The molecule has 7 nitrogen and oxygen atoms in total. The Hall–Kier alpha value is -2.57. The molecule has 3 atom stereocenters. The zero-order chi connectivity index (χ0) is 29.8. The van der Waals surface area contributed by atoms with Gasteiger partial charge in [0.2, 0.25) is 11.8 Å². The second-order valence-electron chi connectivity index (χ2n) is 12.2. The lowest BCUT2D eigenvalue weighted by atomic mass is 9.93. The van der Waals surface area contributed by atoms with E-state index in [1.165, 1.54) is 12.8 Å². The first-order valence-corrected chi connectivity index (χ1v) is 14.9. The van der Waals surface area contributed by atoms with Crippen molar-refractivity contribution in [3.05, 3.63) is 34.9 Å². The van der Waals surface area contributed by atoms with Gasteiger partial charge in [-0.2, -0.15) is 0 Å². The molecule has 0 aliphatic rings. The van der Waals surface area contributed by atoms with Crippen LogP contribution in [0.2, 0.25) is 0 Å². The molecule has 0 fully saturated rings. The van der Waals surface area contributed by atoms with Gasteiger partial charge in [0.15, 0.2) is 0 Å². The third-order valence-electron chi connectivity index (χ3n) is 6.91. The van der Waals surface area contributed by atoms with Crippen LogP contribution < -0.4 is 10.6 Å². The number of hydrogen-bond donors (Lipinski definition) is 2. The zero-order valence-corrected chi connectivity index (χ0v) is 26.3.